The lowest BCUT2D eigenvalue weighted by atomic mass is 11.1. The Morgan fingerprint density at radius 3 is 2.17 bits per heavy atom. The van der Waals surface area contributed by atoms with Gasteiger partial charge in [-0.25, -0.2) is 4.57 Å². The number of hydrogen-bond acceptors (Lipinski definition) is 1. The molecular weight excluding hydrogens is 101 g/mol. The summed E-state index contributed by atoms with van der Waals surface area (Å²) in [5.41, 5.74) is 9.56. The van der Waals surface area contributed by atoms with Crippen molar-refractivity contribution in [3.8, 4) is 0 Å². The lowest BCUT2D eigenvalue weighted by molar-refractivity contribution is -0.262. The van der Waals surface area contributed by atoms with Crippen molar-refractivity contribution in [1.29, 1.82) is 0 Å². The van der Waals surface area contributed by atoms with Gasteiger partial charge < -0.3 is 0 Å². The van der Waals surface area contributed by atoms with E-state index in [0.717, 1.165) is 0 Å². The van der Waals surface area contributed by atoms with Gasteiger partial charge in [-0.05, 0) is 0 Å². The molecule has 0 aromatic rings. The van der Waals surface area contributed by atoms with Crippen LogP contribution in [0.2, 0.25) is 0 Å². The highest BCUT2D eigenvalue weighted by atomic mass is 31.1. The van der Waals surface area contributed by atoms with Crippen LogP contribution in [0, 0.1) is 0 Å². The number of rotatable bonds is 1. The van der Waals surface area contributed by atoms with E-state index in [-0.39, 0.29) is 14.6 Å². The van der Waals surface area contributed by atoms with Crippen LogP contribution in [-0.2, 0) is 4.57 Å². The average molecular weight is 106 g/mol. The average Bonchev–Trinajstić information content (AvgIpc) is 1.35. The minimum absolute atomic E-state index is 0.0355. The first-order valence-corrected chi connectivity index (χ1v) is 2.05. The summed E-state index contributed by atoms with van der Waals surface area (Å²) in [4.78, 5) is 0. The highest BCUT2D eigenvalue weighted by molar-refractivity contribution is 7.14. The largest absolute Gasteiger partial charge is 0.359 e. The van der Waals surface area contributed by atoms with Gasteiger partial charge in [-0.1, -0.05) is 0 Å². The van der Waals surface area contributed by atoms with E-state index in [4.69, 9.17) is 11.5 Å². The molecule has 0 aliphatic carbocycles. The molecule has 0 aromatic carbocycles. The van der Waals surface area contributed by atoms with Gasteiger partial charge in [0.2, 0.25) is 0 Å². The van der Waals surface area contributed by atoms with E-state index in [1.54, 1.807) is 0 Å². The Bertz CT molecular complexity index is 74.9. The highest BCUT2D eigenvalue weighted by Gasteiger charge is 1.77. The molecule has 5 N–H and O–H groups in total. The smallest absolute Gasteiger partial charge is 0.290 e. The SMILES string of the molecule is NC(N)=[NH+]P=O. The van der Waals surface area contributed by atoms with Crippen LogP contribution >= 0.6 is 8.61 Å². The van der Waals surface area contributed by atoms with Crippen LogP contribution in [0.25, 0.3) is 0 Å². The first-order chi connectivity index (χ1) is 2.77. The summed E-state index contributed by atoms with van der Waals surface area (Å²) in [6.45, 7) is 0. The zero-order valence-corrected chi connectivity index (χ0v) is 3.90. The third-order valence-corrected chi connectivity index (χ3v) is 0.524. The second kappa shape index (κ2) is 2.60. The van der Waals surface area contributed by atoms with Gasteiger partial charge in [-0.2, -0.15) is 4.76 Å². The Morgan fingerprint density at radius 2 is 2.17 bits per heavy atom. The monoisotopic (exact) mass is 106 g/mol. The zero-order chi connectivity index (χ0) is 4.99. The summed E-state index contributed by atoms with van der Waals surface area (Å²) in [5, 5.41) is 0. The van der Waals surface area contributed by atoms with E-state index in [0.29, 0.717) is 0 Å². The van der Waals surface area contributed by atoms with Crippen molar-refractivity contribution in [3.05, 3.63) is 0 Å². The predicted octanol–water partition coefficient (Wildman–Crippen LogP) is -2.45. The first kappa shape index (κ1) is 5.37. The summed E-state index contributed by atoms with van der Waals surface area (Å²) in [6, 6.07) is 0. The van der Waals surface area contributed by atoms with Crippen LogP contribution in [0.15, 0.2) is 0 Å². The minimum atomic E-state index is -0.263. The van der Waals surface area contributed by atoms with Crippen LogP contribution in [0.1, 0.15) is 0 Å². The van der Waals surface area contributed by atoms with Crippen LogP contribution in [0.4, 0.5) is 0 Å². The summed E-state index contributed by atoms with van der Waals surface area (Å²) in [6.07, 6.45) is 0. The third kappa shape index (κ3) is 3.37. The van der Waals surface area contributed by atoms with Crippen molar-refractivity contribution in [3.63, 3.8) is 0 Å². The molecule has 0 rings (SSSR count). The van der Waals surface area contributed by atoms with Crippen LogP contribution < -0.4 is 16.2 Å². The molecule has 0 heterocycles. The van der Waals surface area contributed by atoms with Crippen molar-refractivity contribution in [2.75, 3.05) is 0 Å². The Morgan fingerprint density at radius 1 is 1.67 bits per heavy atom. The Hall–Kier alpha value is -0.630. The summed E-state index contributed by atoms with van der Waals surface area (Å²) in [5.74, 6) is -0.0355. The van der Waals surface area contributed by atoms with Crippen molar-refractivity contribution >= 4 is 14.6 Å². The molecule has 0 amide bonds. The molecule has 34 valence electrons. The topological polar surface area (TPSA) is 83.1 Å². The fourth-order valence-electron chi connectivity index (χ4n) is 0.0527. The second-order valence-corrected chi connectivity index (χ2v) is 1.06. The van der Waals surface area contributed by atoms with Gasteiger partial charge in [-0.3, -0.25) is 11.5 Å². The van der Waals surface area contributed by atoms with E-state index in [9.17, 15) is 4.57 Å². The zero-order valence-electron chi connectivity index (χ0n) is 3.01. The molecule has 0 spiro atoms. The van der Waals surface area contributed by atoms with Crippen LogP contribution in [0.3, 0.4) is 0 Å². The van der Waals surface area contributed by atoms with Crippen LogP contribution in [-0.4, -0.2) is 5.96 Å². The molecule has 0 aromatic heterocycles. The van der Waals surface area contributed by atoms with Gasteiger partial charge >= 0.3 is 14.6 Å². The maximum absolute atomic E-state index is 9.42. The molecule has 4 nitrogen and oxygen atoms in total. The molecule has 0 saturated carbocycles. The van der Waals surface area contributed by atoms with Gasteiger partial charge in [0.25, 0.3) is 0 Å². The summed E-state index contributed by atoms with van der Waals surface area (Å²) < 4.78 is 11.5. The number of hydrogen-bond donors (Lipinski definition) is 3. The molecular formula is CH5N3OP+. The van der Waals surface area contributed by atoms with Crippen molar-refractivity contribution in [2.24, 2.45) is 11.5 Å². The quantitative estimate of drug-likeness (QED) is 0.197. The maximum atomic E-state index is 9.42. The second-order valence-electron chi connectivity index (χ2n) is 0.658. The van der Waals surface area contributed by atoms with Gasteiger partial charge in [0.1, 0.15) is 0 Å². The van der Waals surface area contributed by atoms with Gasteiger partial charge in [0.15, 0.2) is 0 Å². The van der Waals surface area contributed by atoms with E-state index in [1.165, 1.54) is 0 Å². The minimum Gasteiger partial charge on any atom is -0.290 e. The molecule has 6 heavy (non-hydrogen) atoms. The fraction of sp³-hybridized carbons (Fsp3) is 0. The van der Waals surface area contributed by atoms with E-state index in [1.807, 2.05) is 0 Å². The molecule has 0 unspecified atom stereocenters. The standard InChI is InChI=1S/CH4N3OP/c2-1(3)4-6-5/h(H4,2,3,4,5)/p+1. The lowest BCUT2D eigenvalue weighted by Gasteiger charge is -1.67. The van der Waals surface area contributed by atoms with Crippen molar-refractivity contribution in [1.82, 2.24) is 0 Å². The van der Waals surface area contributed by atoms with Gasteiger partial charge in [-0.15, -0.1) is 0 Å². The molecule has 0 fully saturated rings. The lowest BCUT2D eigenvalue weighted by Crippen LogP contribution is -2.67. The van der Waals surface area contributed by atoms with Crippen molar-refractivity contribution in [2.45, 2.75) is 0 Å². The fourth-order valence-corrected chi connectivity index (χ4v) is 0.158. The van der Waals surface area contributed by atoms with Crippen molar-refractivity contribution < 1.29 is 9.33 Å². The normalized spacial score (nSPS) is 8.00. The number of guanidine groups is 1. The summed E-state index contributed by atoms with van der Waals surface area (Å²) >= 11 is 0. The molecule has 0 aliphatic heterocycles. The Balaban J connectivity index is 3.41. The van der Waals surface area contributed by atoms with E-state index in [2.05, 4.69) is 4.76 Å². The van der Waals surface area contributed by atoms with Gasteiger partial charge in [0.05, 0.1) is 0 Å². The molecule has 0 atom stereocenters. The Labute approximate surface area is 36.5 Å². The van der Waals surface area contributed by atoms with E-state index < -0.39 is 0 Å². The first-order valence-electron chi connectivity index (χ1n) is 1.23. The Kier molecular flexibility index (Phi) is 2.33. The highest BCUT2D eigenvalue weighted by Crippen LogP contribution is 1.51. The van der Waals surface area contributed by atoms with Crippen LogP contribution in [0.5, 0.6) is 0 Å². The molecule has 0 saturated heterocycles. The van der Waals surface area contributed by atoms with Gasteiger partial charge in [0, 0.05) is 0 Å². The molecule has 0 aliphatic rings. The van der Waals surface area contributed by atoms with E-state index >= 15 is 0 Å². The molecule has 0 bridgehead atoms. The molecule has 5 heteroatoms. The third-order valence-electron chi connectivity index (χ3n) is 0.175. The molecule has 0 radical (unpaired) electrons. The number of nitrogens with one attached hydrogen (secondary N) is 1. The predicted molar refractivity (Wildman–Crippen MR) is 22.0 cm³/mol. The number of nitrogens with two attached hydrogens (primary N) is 2. The summed E-state index contributed by atoms with van der Waals surface area (Å²) in [7, 11) is -0.263. The maximum Gasteiger partial charge on any atom is 0.359 e.